The Kier molecular flexibility index (Phi) is 4.84. The summed E-state index contributed by atoms with van der Waals surface area (Å²) in [6.45, 7) is 1.21. The van der Waals surface area contributed by atoms with Crippen LogP contribution in [-0.4, -0.2) is 16.8 Å². The number of halogens is 4. The van der Waals surface area contributed by atoms with Gasteiger partial charge in [-0.15, -0.1) is 0 Å². The van der Waals surface area contributed by atoms with Crippen molar-refractivity contribution in [2.24, 2.45) is 0 Å². The first-order valence-electron chi connectivity index (χ1n) is 7.73. The third-order valence-corrected chi connectivity index (χ3v) is 4.17. The van der Waals surface area contributed by atoms with Crippen molar-refractivity contribution in [2.75, 3.05) is 10.6 Å². The van der Waals surface area contributed by atoms with Crippen LogP contribution in [-0.2, 0) is 11.0 Å². The lowest BCUT2D eigenvalue weighted by atomic mass is 10.1. The number of rotatable bonds is 3. The van der Waals surface area contributed by atoms with E-state index >= 15 is 0 Å². The van der Waals surface area contributed by atoms with Crippen LogP contribution in [0.5, 0.6) is 0 Å². The number of carbonyl (C=O) groups excluding carboxylic acids is 2. The Bertz CT molecular complexity index is 1040. The summed E-state index contributed by atoms with van der Waals surface area (Å²) in [6, 6.07) is 9.55. The number of aromatic amines is 1. The molecule has 9 heteroatoms. The Morgan fingerprint density at radius 3 is 2.37 bits per heavy atom. The SMILES string of the molecule is CC(=O)Nc1ccc(C(F)(F)F)cc1NC(=O)c1[nH]c2ccccc2c1Cl. The summed E-state index contributed by atoms with van der Waals surface area (Å²) in [5.74, 6) is -1.23. The van der Waals surface area contributed by atoms with E-state index in [4.69, 9.17) is 11.6 Å². The predicted molar refractivity (Wildman–Crippen MR) is 97.0 cm³/mol. The van der Waals surface area contributed by atoms with Gasteiger partial charge in [0.1, 0.15) is 5.69 Å². The highest BCUT2D eigenvalue weighted by atomic mass is 35.5. The summed E-state index contributed by atoms with van der Waals surface area (Å²) in [6.07, 6.45) is -4.60. The van der Waals surface area contributed by atoms with Crippen LogP contribution in [0, 0.1) is 0 Å². The van der Waals surface area contributed by atoms with Crippen molar-refractivity contribution in [2.45, 2.75) is 13.1 Å². The zero-order valence-electron chi connectivity index (χ0n) is 13.9. The van der Waals surface area contributed by atoms with Crippen LogP contribution in [0.1, 0.15) is 23.0 Å². The van der Waals surface area contributed by atoms with Gasteiger partial charge in [0.25, 0.3) is 5.91 Å². The number of benzene rings is 2. The molecule has 0 spiro atoms. The lowest BCUT2D eigenvalue weighted by Crippen LogP contribution is -2.17. The molecule has 0 radical (unpaired) electrons. The molecule has 27 heavy (non-hydrogen) atoms. The minimum Gasteiger partial charge on any atom is -0.349 e. The summed E-state index contributed by atoms with van der Waals surface area (Å²) in [5, 5.41) is 5.52. The molecule has 0 aliphatic heterocycles. The smallest absolute Gasteiger partial charge is 0.349 e. The summed E-state index contributed by atoms with van der Waals surface area (Å²) in [4.78, 5) is 26.7. The monoisotopic (exact) mass is 395 g/mol. The molecule has 1 aromatic heterocycles. The second-order valence-electron chi connectivity index (χ2n) is 5.75. The average molecular weight is 396 g/mol. The zero-order valence-corrected chi connectivity index (χ0v) is 14.6. The highest BCUT2D eigenvalue weighted by Crippen LogP contribution is 2.35. The number of alkyl halides is 3. The van der Waals surface area contributed by atoms with Gasteiger partial charge in [0.05, 0.1) is 22.0 Å². The molecule has 140 valence electrons. The number of aromatic nitrogens is 1. The van der Waals surface area contributed by atoms with Crippen LogP contribution in [0.4, 0.5) is 24.5 Å². The molecule has 0 saturated heterocycles. The Morgan fingerprint density at radius 1 is 1.04 bits per heavy atom. The van der Waals surface area contributed by atoms with Gasteiger partial charge >= 0.3 is 6.18 Å². The van der Waals surface area contributed by atoms with Gasteiger partial charge in [-0.3, -0.25) is 9.59 Å². The van der Waals surface area contributed by atoms with E-state index in [1.165, 1.54) is 6.92 Å². The van der Waals surface area contributed by atoms with Gasteiger partial charge in [0.2, 0.25) is 5.91 Å². The third kappa shape index (κ3) is 3.90. The Labute approximate surface area is 156 Å². The number of para-hydroxylation sites is 1. The van der Waals surface area contributed by atoms with Gasteiger partial charge in [-0.2, -0.15) is 13.2 Å². The predicted octanol–water partition coefficient (Wildman–Crippen LogP) is 5.05. The van der Waals surface area contributed by atoms with E-state index in [9.17, 15) is 22.8 Å². The fraction of sp³-hybridized carbons (Fsp3) is 0.111. The Hall–Kier alpha value is -3.00. The molecule has 0 saturated carbocycles. The van der Waals surface area contributed by atoms with Crippen molar-refractivity contribution in [1.82, 2.24) is 4.98 Å². The van der Waals surface area contributed by atoms with Crippen LogP contribution >= 0.6 is 11.6 Å². The highest BCUT2D eigenvalue weighted by molar-refractivity contribution is 6.39. The van der Waals surface area contributed by atoms with Gasteiger partial charge < -0.3 is 15.6 Å². The number of hydrogen-bond acceptors (Lipinski definition) is 2. The zero-order chi connectivity index (χ0) is 19.8. The van der Waals surface area contributed by atoms with Gasteiger partial charge in [-0.05, 0) is 24.3 Å². The van der Waals surface area contributed by atoms with Crippen LogP contribution in [0.3, 0.4) is 0 Å². The van der Waals surface area contributed by atoms with E-state index in [0.717, 1.165) is 18.2 Å². The minimum atomic E-state index is -4.60. The molecule has 2 aromatic carbocycles. The summed E-state index contributed by atoms with van der Waals surface area (Å²) < 4.78 is 39.0. The number of carbonyl (C=O) groups is 2. The second-order valence-corrected chi connectivity index (χ2v) is 6.13. The molecular formula is C18H13ClF3N3O2. The highest BCUT2D eigenvalue weighted by Gasteiger charge is 2.31. The normalized spacial score (nSPS) is 11.4. The molecular weight excluding hydrogens is 383 g/mol. The maximum atomic E-state index is 13.0. The number of hydrogen-bond donors (Lipinski definition) is 3. The van der Waals surface area contributed by atoms with E-state index in [2.05, 4.69) is 15.6 Å². The van der Waals surface area contributed by atoms with Crippen molar-refractivity contribution in [3.05, 3.63) is 58.7 Å². The van der Waals surface area contributed by atoms with Gasteiger partial charge in [-0.25, -0.2) is 0 Å². The first-order valence-corrected chi connectivity index (χ1v) is 8.11. The first-order chi connectivity index (χ1) is 12.7. The average Bonchev–Trinajstić information content (AvgIpc) is 2.92. The molecule has 3 aromatic rings. The molecule has 0 aliphatic carbocycles. The van der Waals surface area contributed by atoms with Crippen molar-refractivity contribution in [3.63, 3.8) is 0 Å². The maximum Gasteiger partial charge on any atom is 0.416 e. The molecule has 0 bridgehead atoms. The molecule has 0 atom stereocenters. The van der Waals surface area contributed by atoms with Gasteiger partial charge in [0, 0.05) is 17.8 Å². The molecule has 2 amide bonds. The quantitative estimate of drug-likeness (QED) is 0.580. The van der Waals surface area contributed by atoms with E-state index in [-0.39, 0.29) is 22.1 Å². The fourth-order valence-corrected chi connectivity index (χ4v) is 2.87. The molecule has 1 heterocycles. The standard InChI is InChI=1S/C18H13ClF3N3O2/c1-9(26)23-13-7-6-10(18(20,21)22)8-14(13)25-17(27)16-15(19)11-4-2-3-5-12(11)24-16/h2-8,24H,1H3,(H,23,26)(H,25,27). The third-order valence-electron chi connectivity index (χ3n) is 3.78. The van der Waals surface area contributed by atoms with Crippen molar-refractivity contribution in [3.8, 4) is 0 Å². The summed E-state index contributed by atoms with van der Waals surface area (Å²) in [7, 11) is 0. The topological polar surface area (TPSA) is 74.0 Å². The lowest BCUT2D eigenvalue weighted by Gasteiger charge is -2.14. The van der Waals surface area contributed by atoms with E-state index < -0.39 is 23.6 Å². The van der Waals surface area contributed by atoms with Crippen molar-refractivity contribution < 1.29 is 22.8 Å². The van der Waals surface area contributed by atoms with Crippen LogP contribution in [0.2, 0.25) is 5.02 Å². The number of anilines is 2. The summed E-state index contributed by atoms with van der Waals surface area (Å²) >= 11 is 6.20. The minimum absolute atomic E-state index is 0.00375. The van der Waals surface area contributed by atoms with Crippen LogP contribution in [0.25, 0.3) is 10.9 Å². The van der Waals surface area contributed by atoms with Gasteiger partial charge in [-0.1, -0.05) is 29.8 Å². The number of amides is 2. The molecule has 0 aliphatic rings. The summed E-state index contributed by atoms with van der Waals surface area (Å²) in [5.41, 5.74) is -0.506. The van der Waals surface area contributed by atoms with Crippen LogP contribution in [0.15, 0.2) is 42.5 Å². The fourth-order valence-electron chi connectivity index (χ4n) is 2.57. The Morgan fingerprint density at radius 2 is 1.74 bits per heavy atom. The molecule has 5 nitrogen and oxygen atoms in total. The lowest BCUT2D eigenvalue weighted by molar-refractivity contribution is -0.137. The molecule has 0 unspecified atom stereocenters. The second kappa shape index (κ2) is 6.96. The molecule has 0 fully saturated rings. The van der Waals surface area contributed by atoms with Crippen LogP contribution < -0.4 is 10.6 Å². The van der Waals surface area contributed by atoms with Gasteiger partial charge in [0.15, 0.2) is 0 Å². The van der Waals surface area contributed by atoms with Crippen molar-refractivity contribution in [1.29, 1.82) is 0 Å². The van der Waals surface area contributed by atoms with E-state index in [1.54, 1.807) is 24.3 Å². The first kappa shape index (κ1) is 18.8. The number of nitrogens with one attached hydrogen (secondary N) is 3. The molecule has 3 rings (SSSR count). The molecule has 3 N–H and O–H groups in total. The number of H-pyrrole nitrogens is 1. The van der Waals surface area contributed by atoms with E-state index in [0.29, 0.717) is 10.9 Å². The maximum absolute atomic E-state index is 13.0. The number of fused-ring (bicyclic) bond motifs is 1. The largest absolute Gasteiger partial charge is 0.416 e. The van der Waals surface area contributed by atoms with Crippen molar-refractivity contribution >= 4 is 45.7 Å². The Balaban J connectivity index is 2.00. The van der Waals surface area contributed by atoms with E-state index in [1.807, 2.05) is 0 Å².